The van der Waals surface area contributed by atoms with Gasteiger partial charge in [0.15, 0.2) is 29.0 Å². The topological polar surface area (TPSA) is 9.23 Å². The summed E-state index contributed by atoms with van der Waals surface area (Å²) in [5.74, 6) is -16.7. The summed E-state index contributed by atoms with van der Waals surface area (Å²) in [4.78, 5) is 0. The predicted octanol–water partition coefficient (Wildman–Crippen LogP) is 9.03. The first-order valence-electron chi connectivity index (χ1n) is 11.5. The molecule has 0 aliphatic rings. The lowest BCUT2D eigenvalue weighted by molar-refractivity contribution is 0.404. The van der Waals surface area contributed by atoms with Crippen LogP contribution in [0.5, 0.6) is 5.75 Å². The van der Waals surface area contributed by atoms with E-state index in [9.17, 15) is 13.2 Å². The van der Waals surface area contributed by atoms with Crippen molar-refractivity contribution in [3.63, 3.8) is 0 Å². The van der Waals surface area contributed by atoms with Crippen molar-refractivity contribution in [2.45, 2.75) is 44.8 Å². The van der Waals surface area contributed by atoms with Gasteiger partial charge in [-0.3, -0.25) is 0 Å². The van der Waals surface area contributed by atoms with Gasteiger partial charge in [-0.05, 0) is 16.6 Å². The highest BCUT2D eigenvalue weighted by Crippen LogP contribution is 2.44. The molecule has 0 spiro atoms. The van der Waals surface area contributed by atoms with Crippen molar-refractivity contribution in [1.82, 2.24) is 0 Å². The van der Waals surface area contributed by atoms with Crippen LogP contribution in [0.4, 0.5) is 35.1 Å². The molecule has 0 amide bonds. The van der Waals surface area contributed by atoms with Crippen LogP contribution < -0.4 is 4.43 Å². The van der Waals surface area contributed by atoms with E-state index in [1.807, 2.05) is 0 Å². The highest BCUT2D eigenvalue weighted by molar-refractivity contribution is 6.76. The van der Waals surface area contributed by atoms with E-state index in [1.165, 1.54) is 0 Å². The van der Waals surface area contributed by atoms with E-state index < -0.39 is 82.1 Å². The second-order valence-electron chi connectivity index (χ2n) is 9.58. The van der Waals surface area contributed by atoms with Crippen LogP contribution >= 0.6 is 0 Å². The largest absolute Gasteiger partial charge is 0.539 e. The van der Waals surface area contributed by atoms with Gasteiger partial charge < -0.3 is 4.43 Å². The number of hydrogen-bond donors (Lipinski definition) is 0. The maximum absolute atomic E-state index is 15.8. The molecule has 4 rings (SSSR count). The number of rotatable bonds is 6. The van der Waals surface area contributed by atoms with E-state index >= 15 is 22.0 Å². The molecule has 0 aromatic heterocycles. The summed E-state index contributed by atoms with van der Waals surface area (Å²) in [7, 11) is -3.28. The Morgan fingerprint density at radius 3 is 1.68 bits per heavy atom. The summed E-state index contributed by atoms with van der Waals surface area (Å²) in [6.07, 6.45) is 0. The molecule has 0 heterocycles. The molecule has 4 aromatic carbocycles. The van der Waals surface area contributed by atoms with Gasteiger partial charge in [0.05, 0.1) is 21.5 Å². The minimum Gasteiger partial charge on any atom is -0.539 e. The Labute approximate surface area is 208 Å². The molecule has 0 fully saturated rings. The van der Waals surface area contributed by atoms with Crippen LogP contribution in [0, 0.1) is 46.5 Å². The molecule has 0 bridgehead atoms. The van der Waals surface area contributed by atoms with Gasteiger partial charge in [0.2, 0.25) is 5.82 Å². The van der Waals surface area contributed by atoms with Crippen LogP contribution in [0.3, 0.4) is 0 Å². The van der Waals surface area contributed by atoms with Crippen molar-refractivity contribution in [1.29, 1.82) is 0 Å². The van der Waals surface area contributed by atoms with Gasteiger partial charge in [0, 0.05) is 12.1 Å². The lowest BCUT2D eigenvalue weighted by Crippen LogP contribution is -2.51. The number of hydrogen-bond acceptors (Lipinski definition) is 1. The first-order chi connectivity index (χ1) is 17.3. The van der Waals surface area contributed by atoms with E-state index in [2.05, 4.69) is 0 Å². The first kappa shape index (κ1) is 26.9. The molecule has 0 unspecified atom stereocenters. The number of fused-ring (bicyclic) bond motifs is 2. The molecule has 0 N–H and O–H groups in total. The minimum atomic E-state index is -3.28. The average Bonchev–Trinajstić information content (AvgIpc) is 2.84. The van der Waals surface area contributed by atoms with Gasteiger partial charge in [-0.15, -0.1) is 0 Å². The Hall–Kier alpha value is -3.14. The second kappa shape index (κ2) is 9.63. The van der Waals surface area contributed by atoms with E-state index in [1.54, 1.807) is 58.0 Å². The molecular weight excluding hydrogens is 520 g/mol. The van der Waals surface area contributed by atoms with E-state index in [-0.39, 0.29) is 23.2 Å². The normalized spacial score (nSPS) is 12.4. The zero-order chi connectivity index (χ0) is 27.4. The third-order valence-corrected chi connectivity index (χ3v) is 12.4. The number of benzene rings is 4. The zero-order valence-electron chi connectivity index (χ0n) is 20.3. The molecule has 0 saturated heterocycles. The summed E-state index contributed by atoms with van der Waals surface area (Å²) in [5.41, 5.74) is 0.211. The average molecular weight is 543 g/mol. The summed E-state index contributed by atoms with van der Waals surface area (Å²) in [6.45, 7) is 7.10. The maximum Gasteiger partial charge on any atom is 0.260 e. The first-order valence-corrected chi connectivity index (χ1v) is 13.8. The standard InChI is InChI=1S/C27H22F8OSi/c1-12(2)37(13(3)4,11-14-8-6-5-7-9-14)36-27-25(34)20-19(24(33)26(27)35)22(31)17-15(28)10-16(29)21(30)18(17)23(20)32/h5-10,12-13H,11H2,1-4H3. The van der Waals surface area contributed by atoms with Gasteiger partial charge >= 0.3 is 0 Å². The van der Waals surface area contributed by atoms with Crippen LogP contribution in [-0.4, -0.2) is 8.32 Å². The fourth-order valence-electron chi connectivity index (χ4n) is 4.86. The monoisotopic (exact) mass is 542 g/mol. The second-order valence-corrected chi connectivity index (χ2v) is 14.4. The SMILES string of the molecule is CC(C)[Si](Cc1ccccc1)(Oc1c(F)c(F)c2c(F)c3c(F)cc(F)c(F)c3c(F)c2c1F)C(C)C. The summed E-state index contributed by atoms with van der Waals surface area (Å²) >= 11 is 0. The minimum absolute atomic E-state index is 0.0665. The highest BCUT2D eigenvalue weighted by atomic mass is 28.4. The smallest absolute Gasteiger partial charge is 0.260 e. The van der Waals surface area contributed by atoms with Crippen molar-refractivity contribution in [2.75, 3.05) is 0 Å². The number of halogens is 8. The van der Waals surface area contributed by atoms with Crippen LogP contribution in [0.15, 0.2) is 36.4 Å². The van der Waals surface area contributed by atoms with Crippen LogP contribution in [0.1, 0.15) is 33.3 Å². The third kappa shape index (κ3) is 4.15. The summed E-state index contributed by atoms with van der Waals surface area (Å²) in [5, 5.41) is -6.09. The predicted molar refractivity (Wildman–Crippen MR) is 128 cm³/mol. The van der Waals surface area contributed by atoms with Gasteiger partial charge in [0.1, 0.15) is 17.5 Å². The Morgan fingerprint density at radius 1 is 0.595 bits per heavy atom. The van der Waals surface area contributed by atoms with Crippen LogP contribution in [0.2, 0.25) is 11.1 Å². The van der Waals surface area contributed by atoms with Gasteiger partial charge in [-0.25, -0.2) is 30.7 Å². The van der Waals surface area contributed by atoms with Gasteiger partial charge in [0.25, 0.3) is 8.32 Å². The van der Waals surface area contributed by atoms with Crippen molar-refractivity contribution in [3.05, 3.63) is 88.5 Å². The fourth-order valence-corrected chi connectivity index (χ4v) is 8.98. The quantitative estimate of drug-likeness (QED) is 0.102. The van der Waals surface area contributed by atoms with Gasteiger partial charge in [-0.2, -0.15) is 4.39 Å². The Kier molecular flexibility index (Phi) is 7.00. The summed E-state index contributed by atoms with van der Waals surface area (Å²) in [6, 6.07) is 9.07. The van der Waals surface area contributed by atoms with Crippen LogP contribution in [-0.2, 0) is 6.04 Å². The Bertz CT molecular complexity index is 1510. The molecule has 10 heteroatoms. The van der Waals surface area contributed by atoms with Crippen molar-refractivity contribution >= 4 is 29.9 Å². The molecule has 0 atom stereocenters. The Morgan fingerprint density at radius 2 is 1.11 bits per heavy atom. The van der Waals surface area contributed by atoms with E-state index in [0.29, 0.717) is 0 Å². The van der Waals surface area contributed by atoms with Gasteiger partial charge in [-0.1, -0.05) is 58.0 Å². The molecule has 196 valence electrons. The molecular formula is C27H22F8OSi. The zero-order valence-corrected chi connectivity index (χ0v) is 21.3. The molecule has 0 aliphatic heterocycles. The molecule has 0 saturated carbocycles. The van der Waals surface area contributed by atoms with Crippen molar-refractivity contribution < 1.29 is 39.5 Å². The van der Waals surface area contributed by atoms with Crippen molar-refractivity contribution in [3.8, 4) is 5.75 Å². The maximum atomic E-state index is 15.8. The highest BCUT2D eigenvalue weighted by Gasteiger charge is 2.46. The summed E-state index contributed by atoms with van der Waals surface area (Å²) < 4.78 is 125. The lowest BCUT2D eigenvalue weighted by atomic mass is 9.99. The molecule has 0 aliphatic carbocycles. The molecule has 0 radical (unpaired) electrons. The molecule has 37 heavy (non-hydrogen) atoms. The molecule has 1 nitrogen and oxygen atoms in total. The molecule has 4 aromatic rings. The van der Waals surface area contributed by atoms with E-state index in [4.69, 9.17) is 4.43 Å². The third-order valence-electron chi connectivity index (χ3n) is 6.90. The Balaban J connectivity index is 2.06. The fraction of sp³-hybridized carbons (Fsp3) is 0.259. The van der Waals surface area contributed by atoms with Crippen LogP contribution in [0.25, 0.3) is 21.5 Å². The van der Waals surface area contributed by atoms with E-state index in [0.717, 1.165) is 5.56 Å². The van der Waals surface area contributed by atoms with Crippen molar-refractivity contribution in [2.24, 2.45) is 0 Å². The lowest BCUT2D eigenvalue weighted by Gasteiger charge is -2.39.